The van der Waals surface area contributed by atoms with Gasteiger partial charge >= 0.3 is 0 Å². The van der Waals surface area contributed by atoms with Crippen molar-refractivity contribution < 1.29 is 9.53 Å². The number of benzene rings is 1. The minimum atomic E-state index is 0.0154. The van der Waals surface area contributed by atoms with Gasteiger partial charge in [0.25, 0.3) is 5.91 Å². The molecule has 1 amide bonds. The van der Waals surface area contributed by atoms with Crippen LogP contribution in [0.3, 0.4) is 0 Å². The van der Waals surface area contributed by atoms with Gasteiger partial charge in [-0.25, -0.2) is 0 Å². The minimum absolute atomic E-state index is 0.0154. The summed E-state index contributed by atoms with van der Waals surface area (Å²) in [5.41, 5.74) is 3.89. The van der Waals surface area contributed by atoms with Crippen molar-refractivity contribution in [2.75, 3.05) is 6.61 Å². The van der Waals surface area contributed by atoms with E-state index in [4.69, 9.17) is 4.74 Å². The third kappa shape index (κ3) is 3.15. The Morgan fingerprint density at radius 2 is 2.20 bits per heavy atom. The number of aromatic nitrogens is 1. The number of carbonyl (C=O) groups is 1. The Labute approximate surface area is 150 Å². The Morgan fingerprint density at radius 3 is 2.96 bits per heavy atom. The standard InChI is InChI=1S/C20H18N2O2S/c1-14-12-24-19-5-4-15(16-3-2-7-21-10-16)9-18(19)11-22(14)20(23)17-6-8-25-13-17/h2-10,13-14H,11-12H2,1H3. The van der Waals surface area contributed by atoms with Crippen molar-refractivity contribution in [2.24, 2.45) is 0 Å². The van der Waals surface area contributed by atoms with Gasteiger partial charge in [0, 0.05) is 28.9 Å². The van der Waals surface area contributed by atoms with Gasteiger partial charge in [-0.3, -0.25) is 9.78 Å². The van der Waals surface area contributed by atoms with Crippen LogP contribution in [0.5, 0.6) is 5.75 Å². The van der Waals surface area contributed by atoms with Gasteiger partial charge < -0.3 is 9.64 Å². The van der Waals surface area contributed by atoms with Crippen molar-refractivity contribution >= 4 is 17.2 Å². The number of pyridine rings is 1. The van der Waals surface area contributed by atoms with Crippen molar-refractivity contribution in [1.29, 1.82) is 0 Å². The highest BCUT2D eigenvalue weighted by molar-refractivity contribution is 7.08. The zero-order valence-corrected chi connectivity index (χ0v) is 14.7. The molecule has 0 radical (unpaired) electrons. The fraction of sp³-hybridized carbons (Fsp3) is 0.200. The summed E-state index contributed by atoms with van der Waals surface area (Å²) in [7, 11) is 0. The molecule has 4 nitrogen and oxygen atoms in total. The lowest BCUT2D eigenvalue weighted by atomic mass is 10.0. The van der Waals surface area contributed by atoms with E-state index in [2.05, 4.69) is 11.1 Å². The van der Waals surface area contributed by atoms with Crippen molar-refractivity contribution in [3.8, 4) is 16.9 Å². The van der Waals surface area contributed by atoms with Crippen LogP contribution in [0.25, 0.3) is 11.1 Å². The molecule has 0 bridgehead atoms. The average molecular weight is 350 g/mol. The number of rotatable bonds is 2. The normalized spacial score (nSPS) is 16.7. The highest BCUT2D eigenvalue weighted by Gasteiger charge is 2.27. The van der Waals surface area contributed by atoms with Crippen LogP contribution in [0, 0.1) is 0 Å². The summed E-state index contributed by atoms with van der Waals surface area (Å²) in [6, 6.07) is 12.0. The van der Waals surface area contributed by atoms with E-state index in [0.29, 0.717) is 13.2 Å². The van der Waals surface area contributed by atoms with E-state index < -0.39 is 0 Å². The molecule has 0 spiro atoms. The maximum absolute atomic E-state index is 12.9. The van der Waals surface area contributed by atoms with Gasteiger partial charge in [0.1, 0.15) is 12.4 Å². The highest BCUT2D eigenvalue weighted by Crippen LogP contribution is 2.30. The molecule has 5 heteroatoms. The largest absolute Gasteiger partial charge is 0.491 e. The van der Waals surface area contributed by atoms with E-state index in [1.54, 1.807) is 6.20 Å². The zero-order chi connectivity index (χ0) is 17.2. The predicted molar refractivity (Wildman–Crippen MR) is 98.8 cm³/mol. The SMILES string of the molecule is CC1COc2ccc(-c3cccnc3)cc2CN1C(=O)c1ccsc1. The summed E-state index contributed by atoms with van der Waals surface area (Å²) in [6.45, 7) is 3.06. The number of thiophene rings is 1. The van der Waals surface area contributed by atoms with Gasteiger partial charge in [0.05, 0.1) is 18.2 Å². The van der Waals surface area contributed by atoms with E-state index in [1.165, 1.54) is 11.3 Å². The number of hydrogen-bond acceptors (Lipinski definition) is 4. The topological polar surface area (TPSA) is 42.4 Å². The molecular formula is C20H18N2O2S. The molecule has 0 saturated carbocycles. The molecule has 1 aliphatic rings. The first kappa shape index (κ1) is 15.8. The molecule has 1 atom stereocenters. The Kier molecular flexibility index (Phi) is 4.24. The second-order valence-electron chi connectivity index (χ2n) is 6.17. The third-order valence-electron chi connectivity index (χ3n) is 4.44. The summed E-state index contributed by atoms with van der Waals surface area (Å²) in [5.74, 6) is 0.900. The molecule has 25 heavy (non-hydrogen) atoms. The van der Waals surface area contributed by atoms with Gasteiger partial charge in [-0.2, -0.15) is 11.3 Å². The fourth-order valence-corrected chi connectivity index (χ4v) is 3.65. The Morgan fingerprint density at radius 1 is 1.28 bits per heavy atom. The fourth-order valence-electron chi connectivity index (χ4n) is 3.02. The number of ether oxygens (including phenoxy) is 1. The van der Waals surface area contributed by atoms with Crippen LogP contribution in [0.15, 0.2) is 59.6 Å². The van der Waals surface area contributed by atoms with Crippen LogP contribution in [-0.4, -0.2) is 28.4 Å². The molecule has 0 aliphatic carbocycles. The molecule has 1 unspecified atom stereocenters. The number of nitrogens with zero attached hydrogens (tertiary/aromatic N) is 2. The van der Waals surface area contributed by atoms with E-state index in [9.17, 15) is 4.79 Å². The second-order valence-corrected chi connectivity index (χ2v) is 6.95. The molecule has 3 heterocycles. The third-order valence-corrected chi connectivity index (χ3v) is 5.12. The highest BCUT2D eigenvalue weighted by atomic mass is 32.1. The van der Waals surface area contributed by atoms with Crippen molar-refractivity contribution in [3.63, 3.8) is 0 Å². The lowest BCUT2D eigenvalue weighted by Crippen LogP contribution is -2.39. The van der Waals surface area contributed by atoms with Crippen LogP contribution >= 0.6 is 11.3 Å². The Balaban J connectivity index is 1.68. The molecule has 126 valence electrons. The van der Waals surface area contributed by atoms with Crippen LogP contribution in [-0.2, 0) is 6.54 Å². The molecule has 0 saturated heterocycles. The molecule has 1 aliphatic heterocycles. The van der Waals surface area contributed by atoms with Gasteiger partial charge in [-0.05, 0) is 42.1 Å². The first-order chi connectivity index (χ1) is 12.2. The first-order valence-electron chi connectivity index (χ1n) is 8.21. The van der Waals surface area contributed by atoms with E-state index in [1.807, 2.05) is 59.1 Å². The molecular weight excluding hydrogens is 332 g/mol. The molecule has 0 N–H and O–H groups in total. The zero-order valence-electron chi connectivity index (χ0n) is 13.9. The smallest absolute Gasteiger partial charge is 0.255 e. The van der Waals surface area contributed by atoms with Crippen LogP contribution in [0.2, 0.25) is 0 Å². The lowest BCUT2D eigenvalue weighted by molar-refractivity contribution is 0.0646. The number of fused-ring (bicyclic) bond motifs is 1. The molecule has 1 aromatic carbocycles. The summed E-state index contributed by atoms with van der Waals surface area (Å²) in [5, 5.41) is 3.83. The second kappa shape index (κ2) is 6.69. The van der Waals surface area contributed by atoms with E-state index in [0.717, 1.165) is 28.0 Å². The van der Waals surface area contributed by atoms with Crippen LogP contribution in [0.1, 0.15) is 22.8 Å². The summed E-state index contributed by atoms with van der Waals surface area (Å²) in [6.07, 6.45) is 3.61. The first-order valence-corrected chi connectivity index (χ1v) is 9.16. The summed E-state index contributed by atoms with van der Waals surface area (Å²) >= 11 is 1.54. The van der Waals surface area contributed by atoms with Gasteiger partial charge in [0.2, 0.25) is 0 Å². The maximum atomic E-state index is 12.9. The van der Waals surface area contributed by atoms with E-state index >= 15 is 0 Å². The van der Waals surface area contributed by atoms with Gasteiger partial charge in [-0.15, -0.1) is 0 Å². The maximum Gasteiger partial charge on any atom is 0.255 e. The molecule has 4 rings (SSSR count). The number of hydrogen-bond donors (Lipinski definition) is 0. The quantitative estimate of drug-likeness (QED) is 0.694. The van der Waals surface area contributed by atoms with Crippen molar-refractivity contribution in [2.45, 2.75) is 19.5 Å². The Bertz CT molecular complexity index is 878. The molecule has 0 fully saturated rings. The molecule has 2 aromatic heterocycles. The minimum Gasteiger partial charge on any atom is -0.491 e. The monoisotopic (exact) mass is 350 g/mol. The van der Waals surface area contributed by atoms with Crippen molar-refractivity contribution in [3.05, 3.63) is 70.7 Å². The van der Waals surface area contributed by atoms with Crippen LogP contribution in [0.4, 0.5) is 0 Å². The number of amides is 1. The average Bonchev–Trinajstić information content (AvgIpc) is 3.14. The predicted octanol–water partition coefficient (Wildman–Crippen LogP) is 4.23. The van der Waals surface area contributed by atoms with Gasteiger partial charge in [0.15, 0.2) is 0 Å². The summed E-state index contributed by atoms with van der Waals surface area (Å²) < 4.78 is 5.94. The van der Waals surface area contributed by atoms with Crippen molar-refractivity contribution in [1.82, 2.24) is 9.88 Å². The van der Waals surface area contributed by atoms with E-state index in [-0.39, 0.29) is 11.9 Å². The molecule has 3 aromatic rings. The lowest BCUT2D eigenvalue weighted by Gasteiger charge is -2.26. The van der Waals surface area contributed by atoms with Gasteiger partial charge in [-0.1, -0.05) is 12.1 Å². The van der Waals surface area contributed by atoms with Crippen LogP contribution < -0.4 is 4.74 Å². The Hall–Kier alpha value is -2.66. The number of carbonyl (C=O) groups excluding carboxylic acids is 1. The summed E-state index contributed by atoms with van der Waals surface area (Å²) in [4.78, 5) is 18.9.